The molecule has 0 bridgehead atoms. The first-order valence-electron chi connectivity index (χ1n) is 14.5. The van der Waals surface area contributed by atoms with Crippen molar-refractivity contribution in [2.24, 2.45) is 17.6 Å². The average molecular weight is 623 g/mol. The van der Waals surface area contributed by atoms with E-state index in [0.29, 0.717) is 6.42 Å². The number of aromatic nitrogens is 2. The summed E-state index contributed by atoms with van der Waals surface area (Å²) in [6, 6.07) is 1.03. The topological polar surface area (TPSA) is 239 Å². The van der Waals surface area contributed by atoms with Gasteiger partial charge in [0.1, 0.15) is 18.3 Å². The number of amides is 2. The number of Topliss-reactive ketones (excluding diaryl/α,β-unsaturated/α-hetero) is 1. The molecule has 10 atom stereocenters. The summed E-state index contributed by atoms with van der Waals surface area (Å²) in [6.07, 6.45) is -6.77. The van der Waals surface area contributed by atoms with Gasteiger partial charge >= 0.3 is 11.7 Å². The number of ketones is 1. The molecule has 0 unspecified atom stereocenters. The molecule has 4 rings (SSSR count). The third-order valence-corrected chi connectivity index (χ3v) is 8.00. The van der Waals surface area contributed by atoms with Crippen LogP contribution in [0.4, 0.5) is 0 Å². The largest absolute Gasteiger partial charge is 0.458 e. The summed E-state index contributed by atoms with van der Waals surface area (Å²) in [6.45, 7) is 4.98. The van der Waals surface area contributed by atoms with E-state index in [4.69, 9.17) is 24.7 Å². The number of carbonyl (C=O) groups is 4. The molecule has 16 nitrogen and oxygen atoms in total. The quantitative estimate of drug-likeness (QED) is 0.187. The molecule has 6 N–H and O–H groups in total. The number of aliphatic hydroxyl groups excluding tert-OH is 2. The number of rotatable bonds is 10. The number of aliphatic hydroxyl groups is 2. The Bertz CT molecular complexity index is 1410. The van der Waals surface area contributed by atoms with E-state index in [2.05, 4.69) is 10.3 Å². The minimum absolute atomic E-state index is 0.0123. The first-order valence-corrected chi connectivity index (χ1v) is 14.5. The lowest BCUT2D eigenvalue weighted by Crippen LogP contribution is -2.52. The van der Waals surface area contributed by atoms with Gasteiger partial charge < -0.3 is 40.2 Å². The molecule has 4 heterocycles. The summed E-state index contributed by atoms with van der Waals surface area (Å²) in [5.74, 6) is -4.45. The van der Waals surface area contributed by atoms with E-state index in [0.717, 1.165) is 35.7 Å². The van der Waals surface area contributed by atoms with Gasteiger partial charge in [-0.05, 0) is 25.8 Å². The Morgan fingerprint density at radius 3 is 2.57 bits per heavy atom. The molecule has 3 aliphatic rings. The zero-order valence-corrected chi connectivity index (χ0v) is 24.5. The monoisotopic (exact) mass is 622 g/mol. The molecule has 0 radical (unpaired) electrons. The zero-order chi connectivity index (χ0) is 32.3. The number of aromatic amines is 1. The van der Waals surface area contributed by atoms with Crippen molar-refractivity contribution in [2.45, 2.75) is 102 Å². The zero-order valence-electron chi connectivity index (χ0n) is 24.5. The fraction of sp³-hybridized carbons (Fsp3) is 0.643. The maximum Gasteiger partial charge on any atom is 0.330 e. The van der Waals surface area contributed by atoms with Crippen LogP contribution < -0.4 is 22.3 Å². The number of H-pyrrole nitrogens is 1. The summed E-state index contributed by atoms with van der Waals surface area (Å²) in [4.78, 5) is 76.8. The lowest BCUT2D eigenvalue weighted by molar-refractivity contribution is -0.238. The summed E-state index contributed by atoms with van der Waals surface area (Å²) >= 11 is 0. The molecule has 2 saturated heterocycles. The van der Waals surface area contributed by atoms with Crippen LogP contribution in [0.15, 0.2) is 33.7 Å². The number of nitrogens with two attached hydrogens (primary N) is 1. The standard InChI is InChI=1S/C28H38N4O12/c1-4-19(36)42-22-13(3)21(43-26(22)32-9-8-18(35)31-28(32)40)23(24(29)38)44-27-20(37)16(34)11-17(41-27)15(33)10-14-7-5-6-12(2)30-25(14)39/h8-9,11-14,16,20-23,26-27,34,37H,4-7,10H2,1-3H3,(H2,29,38)(H,30,39)(H,31,35,40)/t12-,13-,14-,16+,20+,21+,22-,23-,26-,27-/m1/s1. The third-order valence-electron chi connectivity index (χ3n) is 8.00. The van der Waals surface area contributed by atoms with E-state index in [-0.39, 0.29) is 30.5 Å². The maximum absolute atomic E-state index is 13.1. The van der Waals surface area contributed by atoms with Crippen molar-refractivity contribution in [1.82, 2.24) is 14.9 Å². The predicted octanol–water partition coefficient (Wildman–Crippen LogP) is -1.51. The van der Waals surface area contributed by atoms with Gasteiger partial charge in [-0.15, -0.1) is 0 Å². The van der Waals surface area contributed by atoms with Gasteiger partial charge in [-0.25, -0.2) is 4.79 Å². The van der Waals surface area contributed by atoms with E-state index in [9.17, 15) is 39.0 Å². The Hall–Kier alpha value is -3.86. The van der Waals surface area contributed by atoms with Crippen LogP contribution in [0.3, 0.4) is 0 Å². The van der Waals surface area contributed by atoms with Crippen LogP contribution in [0.5, 0.6) is 0 Å². The van der Waals surface area contributed by atoms with Crippen molar-refractivity contribution in [2.75, 3.05) is 0 Å². The highest BCUT2D eigenvalue weighted by molar-refractivity contribution is 5.96. The number of carbonyl (C=O) groups excluding carboxylic acids is 4. The van der Waals surface area contributed by atoms with Crippen LogP contribution >= 0.6 is 0 Å². The molecule has 1 aromatic heterocycles. The van der Waals surface area contributed by atoms with Gasteiger partial charge in [0.2, 0.25) is 18.1 Å². The Labute approximate surface area is 251 Å². The van der Waals surface area contributed by atoms with Crippen LogP contribution in [0.1, 0.15) is 59.1 Å². The number of nitrogens with zero attached hydrogens (tertiary/aromatic N) is 1. The molecule has 242 valence electrons. The molecule has 2 fully saturated rings. The number of nitrogens with one attached hydrogen (secondary N) is 2. The fourth-order valence-electron chi connectivity index (χ4n) is 5.53. The highest BCUT2D eigenvalue weighted by Crippen LogP contribution is 2.39. The number of ether oxygens (including phenoxy) is 4. The van der Waals surface area contributed by atoms with Crippen molar-refractivity contribution in [3.8, 4) is 0 Å². The molecule has 44 heavy (non-hydrogen) atoms. The number of primary amides is 1. The molecule has 0 saturated carbocycles. The smallest absolute Gasteiger partial charge is 0.330 e. The van der Waals surface area contributed by atoms with Gasteiger partial charge in [-0.3, -0.25) is 33.5 Å². The summed E-state index contributed by atoms with van der Waals surface area (Å²) in [5.41, 5.74) is 4.10. The fourth-order valence-corrected chi connectivity index (χ4v) is 5.53. The van der Waals surface area contributed by atoms with Gasteiger partial charge in [0.25, 0.3) is 5.56 Å². The second-order valence-corrected chi connectivity index (χ2v) is 11.3. The molecule has 3 aliphatic heterocycles. The van der Waals surface area contributed by atoms with Crippen LogP contribution in [0.2, 0.25) is 0 Å². The highest BCUT2D eigenvalue weighted by atomic mass is 16.7. The third kappa shape index (κ3) is 7.26. The Morgan fingerprint density at radius 2 is 1.91 bits per heavy atom. The SMILES string of the molecule is CCC(=O)O[C@@H]1[C@H](C)[C@@H]([C@@H](O[C@H]2OC(C(=O)C[C@H]3CCC[C@@H](C)NC3=O)=C[C@H](O)[C@@H]2O)C(N)=O)O[C@H]1n1ccc(=O)[nH]c1=O. The first kappa shape index (κ1) is 33.0. The first-order chi connectivity index (χ1) is 20.8. The van der Waals surface area contributed by atoms with E-state index in [1.54, 1.807) is 13.8 Å². The van der Waals surface area contributed by atoms with E-state index < -0.39 is 83.8 Å². The van der Waals surface area contributed by atoms with Crippen molar-refractivity contribution in [3.05, 3.63) is 44.9 Å². The lowest BCUT2D eigenvalue weighted by Gasteiger charge is -2.35. The van der Waals surface area contributed by atoms with Crippen LogP contribution in [-0.2, 0) is 38.1 Å². The molecular weight excluding hydrogens is 584 g/mol. The Balaban J connectivity index is 1.55. The number of esters is 1. The van der Waals surface area contributed by atoms with Crippen LogP contribution in [0, 0.1) is 11.8 Å². The van der Waals surface area contributed by atoms with Gasteiger partial charge in [0.15, 0.2) is 30.0 Å². The average Bonchev–Trinajstić information content (AvgIpc) is 3.17. The van der Waals surface area contributed by atoms with E-state index in [1.807, 2.05) is 6.92 Å². The normalized spacial score (nSPS) is 32.9. The van der Waals surface area contributed by atoms with Crippen molar-refractivity contribution in [3.63, 3.8) is 0 Å². The Kier molecular flexibility index (Phi) is 10.4. The van der Waals surface area contributed by atoms with Gasteiger partial charge in [0.05, 0.1) is 0 Å². The second kappa shape index (κ2) is 13.8. The molecule has 2 amide bonds. The minimum Gasteiger partial charge on any atom is -0.458 e. The van der Waals surface area contributed by atoms with Crippen molar-refractivity contribution in [1.29, 1.82) is 0 Å². The summed E-state index contributed by atoms with van der Waals surface area (Å²) < 4.78 is 23.8. The molecule has 0 aromatic carbocycles. The van der Waals surface area contributed by atoms with Crippen LogP contribution in [-0.4, -0.2) is 86.2 Å². The Morgan fingerprint density at radius 1 is 1.18 bits per heavy atom. The minimum atomic E-state index is -1.78. The van der Waals surface area contributed by atoms with E-state index >= 15 is 0 Å². The highest BCUT2D eigenvalue weighted by Gasteiger charge is 2.52. The van der Waals surface area contributed by atoms with Gasteiger partial charge in [-0.2, -0.15) is 0 Å². The molecule has 0 aliphatic carbocycles. The van der Waals surface area contributed by atoms with Crippen molar-refractivity contribution >= 4 is 23.6 Å². The second-order valence-electron chi connectivity index (χ2n) is 11.3. The molecule has 0 spiro atoms. The van der Waals surface area contributed by atoms with Gasteiger partial charge in [0, 0.05) is 43.0 Å². The summed E-state index contributed by atoms with van der Waals surface area (Å²) in [5, 5.41) is 24.0. The predicted molar refractivity (Wildman–Crippen MR) is 148 cm³/mol. The number of hydrogen-bond donors (Lipinski definition) is 5. The van der Waals surface area contributed by atoms with E-state index in [1.165, 1.54) is 0 Å². The molecule has 1 aromatic rings. The molecule has 16 heteroatoms. The lowest BCUT2D eigenvalue weighted by atomic mass is 9.94. The summed E-state index contributed by atoms with van der Waals surface area (Å²) in [7, 11) is 0. The van der Waals surface area contributed by atoms with Crippen LogP contribution in [0.25, 0.3) is 0 Å². The van der Waals surface area contributed by atoms with Gasteiger partial charge in [-0.1, -0.05) is 20.3 Å². The van der Waals surface area contributed by atoms with Crippen molar-refractivity contribution < 1.29 is 48.3 Å². The number of allylic oxidation sites excluding steroid dienone is 1. The maximum atomic E-state index is 13.1. The number of hydrogen-bond acceptors (Lipinski definition) is 12. The molecular formula is C28H38N4O12.